The molecule has 0 aliphatic rings. The van der Waals surface area contributed by atoms with Gasteiger partial charge in [-0.3, -0.25) is 0 Å². The molecular weight excluding hydrogens is 357 g/mol. The summed E-state index contributed by atoms with van der Waals surface area (Å²) in [5, 5.41) is 0. The van der Waals surface area contributed by atoms with Gasteiger partial charge in [0.15, 0.2) is 11.5 Å². The third-order valence-corrected chi connectivity index (χ3v) is 3.92. The number of benzene rings is 3. The van der Waals surface area contributed by atoms with Crippen molar-refractivity contribution in [3.05, 3.63) is 77.6 Å². The second-order valence-electron chi connectivity index (χ2n) is 5.81. The van der Waals surface area contributed by atoms with Crippen molar-refractivity contribution < 1.29 is 27.4 Å². The summed E-state index contributed by atoms with van der Waals surface area (Å²) in [6, 6.07) is 12.2. The van der Waals surface area contributed by atoms with Gasteiger partial charge in [-0.1, -0.05) is 6.07 Å². The van der Waals surface area contributed by atoms with Crippen LogP contribution in [0.25, 0.3) is 11.1 Å². The lowest BCUT2D eigenvalue weighted by Gasteiger charge is -2.12. The van der Waals surface area contributed by atoms with Crippen LogP contribution in [0.3, 0.4) is 0 Å². The first-order valence-corrected chi connectivity index (χ1v) is 8.09. The Labute approximate surface area is 154 Å². The van der Waals surface area contributed by atoms with Crippen LogP contribution in [-0.4, -0.2) is 14.2 Å². The minimum absolute atomic E-state index is 0.154. The molecule has 27 heavy (non-hydrogen) atoms. The molecule has 0 amide bonds. The van der Waals surface area contributed by atoms with Crippen LogP contribution in [0, 0.1) is 17.5 Å². The van der Waals surface area contributed by atoms with Gasteiger partial charge in [0.1, 0.15) is 29.8 Å². The van der Waals surface area contributed by atoms with Crippen molar-refractivity contribution in [1.29, 1.82) is 0 Å². The minimum atomic E-state index is -0.734. The van der Waals surface area contributed by atoms with Gasteiger partial charge in [-0.25, -0.2) is 13.2 Å². The summed E-state index contributed by atoms with van der Waals surface area (Å²) in [4.78, 5) is 0. The van der Waals surface area contributed by atoms with Gasteiger partial charge in [-0.2, -0.15) is 0 Å². The highest BCUT2D eigenvalue weighted by atomic mass is 19.1. The van der Waals surface area contributed by atoms with Gasteiger partial charge in [0.2, 0.25) is 0 Å². The summed E-state index contributed by atoms with van der Waals surface area (Å²) in [6.07, 6.45) is 0. The molecule has 3 rings (SSSR count). The smallest absolute Gasteiger partial charge is 0.161 e. The minimum Gasteiger partial charge on any atom is -0.493 e. The van der Waals surface area contributed by atoms with Crippen molar-refractivity contribution in [3.8, 4) is 28.4 Å². The van der Waals surface area contributed by atoms with Crippen molar-refractivity contribution in [2.75, 3.05) is 14.2 Å². The van der Waals surface area contributed by atoms with E-state index in [2.05, 4.69) is 0 Å². The normalized spacial score (nSPS) is 10.6. The van der Waals surface area contributed by atoms with E-state index < -0.39 is 17.5 Å². The molecule has 0 saturated carbocycles. The largest absolute Gasteiger partial charge is 0.493 e. The van der Waals surface area contributed by atoms with E-state index in [1.54, 1.807) is 18.2 Å². The SMILES string of the molecule is COc1ccc(COc2cc(F)cc(-c3cc(F)cc(F)c3)c2)cc1OC. The maximum absolute atomic E-state index is 14.0. The molecule has 0 heterocycles. The summed E-state index contributed by atoms with van der Waals surface area (Å²) in [7, 11) is 3.07. The van der Waals surface area contributed by atoms with E-state index in [4.69, 9.17) is 14.2 Å². The molecule has 0 aliphatic carbocycles. The molecule has 0 spiro atoms. The first kappa shape index (κ1) is 18.6. The molecule has 0 saturated heterocycles. The van der Waals surface area contributed by atoms with E-state index in [0.717, 1.165) is 23.8 Å². The van der Waals surface area contributed by atoms with Gasteiger partial charge in [0.05, 0.1) is 14.2 Å². The lowest BCUT2D eigenvalue weighted by atomic mass is 10.0. The van der Waals surface area contributed by atoms with Gasteiger partial charge < -0.3 is 14.2 Å². The molecule has 3 aromatic rings. The van der Waals surface area contributed by atoms with Crippen molar-refractivity contribution in [2.45, 2.75) is 6.61 Å². The molecule has 0 aromatic heterocycles. The van der Waals surface area contributed by atoms with E-state index in [1.807, 2.05) is 0 Å². The van der Waals surface area contributed by atoms with Gasteiger partial charge in [0.25, 0.3) is 0 Å². The van der Waals surface area contributed by atoms with Gasteiger partial charge >= 0.3 is 0 Å². The Morgan fingerprint density at radius 1 is 0.667 bits per heavy atom. The van der Waals surface area contributed by atoms with E-state index in [9.17, 15) is 13.2 Å². The molecule has 0 radical (unpaired) electrons. The molecule has 0 unspecified atom stereocenters. The fourth-order valence-electron chi connectivity index (χ4n) is 2.67. The zero-order valence-electron chi connectivity index (χ0n) is 14.8. The van der Waals surface area contributed by atoms with Crippen molar-refractivity contribution >= 4 is 0 Å². The monoisotopic (exact) mass is 374 g/mol. The summed E-state index contributed by atoms with van der Waals surface area (Å²) in [5.74, 6) is -0.663. The molecule has 0 atom stereocenters. The van der Waals surface area contributed by atoms with E-state index in [-0.39, 0.29) is 17.9 Å². The molecule has 3 nitrogen and oxygen atoms in total. The molecule has 0 fully saturated rings. The van der Waals surface area contributed by atoms with Crippen LogP contribution < -0.4 is 14.2 Å². The topological polar surface area (TPSA) is 27.7 Å². The molecule has 6 heteroatoms. The number of hydrogen-bond acceptors (Lipinski definition) is 3. The maximum Gasteiger partial charge on any atom is 0.161 e. The summed E-state index contributed by atoms with van der Waals surface area (Å²) in [5.41, 5.74) is 1.33. The Kier molecular flexibility index (Phi) is 5.54. The second-order valence-corrected chi connectivity index (χ2v) is 5.81. The lowest BCUT2D eigenvalue weighted by molar-refractivity contribution is 0.302. The number of methoxy groups -OCH3 is 2. The summed E-state index contributed by atoms with van der Waals surface area (Å²) < 4.78 is 56.9. The van der Waals surface area contributed by atoms with Crippen LogP contribution in [0.1, 0.15) is 5.56 Å². The van der Waals surface area contributed by atoms with Gasteiger partial charge in [0, 0.05) is 12.1 Å². The highest BCUT2D eigenvalue weighted by molar-refractivity contribution is 5.65. The van der Waals surface area contributed by atoms with Gasteiger partial charge in [-0.15, -0.1) is 0 Å². The van der Waals surface area contributed by atoms with Crippen molar-refractivity contribution in [1.82, 2.24) is 0 Å². The highest BCUT2D eigenvalue weighted by Crippen LogP contribution is 2.30. The average molecular weight is 374 g/mol. The van der Waals surface area contributed by atoms with Gasteiger partial charge in [-0.05, 0) is 53.1 Å². The van der Waals surface area contributed by atoms with Crippen LogP contribution in [0.15, 0.2) is 54.6 Å². The van der Waals surface area contributed by atoms with E-state index in [1.165, 1.54) is 32.4 Å². The number of ether oxygens (including phenoxy) is 3. The van der Waals surface area contributed by atoms with Crippen LogP contribution in [0.2, 0.25) is 0 Å². The Balaban J connectivity index is 1.83. The summed E-state index contributed by atoms with van der Waals surface area (Å²) >= 11 is 0. The second kappa shape index (κ2) is 8.03. The predicted octanol–water partition coefficient (Wildman–Crippen LogP) is 5.37. The Bertz CT molecular complexity index is 937. The zero-order valence-corrected chi connectivity index (χ0v) is 14.8. The van der Waals surface area contributed by atoms with Crippen LogP contribution >= 0.6 is 0 Å². The Morgan fingerprint density at radius 2 is 1.26 bits per heavy atom. The van der Waals surface area contributed by atoms with Crippen molar-refractivity contribution in [3.63, 3.8) is 0 Å². The van der Waals surface area contributed by atoms with Crippen LogP contribution in [0.4, 0.5) is 13.2 Å². The standard InChI is InChI=1S/C21H17F3O3/c1-25-20-4-3-13(5-21(20)26-2)12-27-19-9-15(8-18(24)11-19)14-6-16(22)10-17(23)7-14/h3-11H,12H2,1-2H3. The zero-order chi connectivity index (χ0) is 19.4. The first-order valence-electron chi connectivity index (χ1n) is 8.09. The third-order valence-electron chi connectivity index (χ3n) is 3.92. The van der Waals surface area contributed by atoms with Crippen molar-refractivity contribution in [2.24, 2.45) is 0 Å². The molecule has 0 N–H and O–H groups in total. The fourth-order valence-corrected chi connectivity index (χ4v) is 2.67. The van der Waals surface area contributed by atoms with E-state index in [0.29, 0.717) is 17.1 Å². The average Bonchev–Trinajstić information content (AvgIpc) is 2.65. The lowest BCUT2D eigenvalue weighted by Crippen LogP contribution is -1.98. The first-order chi connectivity index (χ1) is 13.0. The maximum atomic E-state index is 14.0. The van der Waals surface area contributed by atoms with Crippen LogP contribution in [-0.2, 0) is 6.61 Å². The molecule has 0 aliphatic heterocycles. The molecule has 140 valence electrons. The fraction of sp³-hybridized carbons (Fsp3) is 0.143. The highest BCUT2D eigenvalue weighted by Gasteiger charge is 2.09. The molecule has 3 aromatic carbocycles. The summed E-state index contributed by atoms with van der Waals surface area (Å²) in [6.45, 7) is 0.154. The molecule has 0 bridgehead atoms. The van der Waals surface area contributed by atoms with Crippen LogP contribution in [0.5, 0.6) is 17.2 Å². The van der Waals surface area contributed by atoms with E-state index >= 15 is 0 Å². The number of hydrogen-bond donors (Lipinski definition) is 0. The Morgan fingerprint density at radius 3 is 1.89 bits per heavy atom. The third kappa shape index (κ3) is 4.53. The number of halogens is 3. The quantitative estimate of drug-likeness (QED) is 0.581. The predicted molar refractivity (Wildman–Crippen MR) is 95.6 cm³/mol. The number of rotatable bonds is 6. The Hall–Kier alpha value is -3.15. The molecular formula is C21H17F3O3.